The maximum Gasteiger partial charge on any atom is 0.149 e. The molecule has 150 valence electrons. The van der Waals surface area contributed by atoms with Crippen LogP contribution in [-0.2, 0) is 13.1 Å². The Kier molecular flexibility index (Phi) is 3.92. The SMILES string of the molecule is N#CCC(C1CC1)n1cc(-c2nc(-c3cnc4n3CCNC4)cc3nccn23)cn1. The summed E-state index contributed by atoms with van der Waals surface area (Å²) < 4.78 is 6.15. The zero-order chi connectivity index (χ0) is 20.1. The molecule has 9 heteroatoms. The molecule has 1 atom stereocenters. The molecule has 0 saturated heterocycles. The summed E-state index contributed by atoms with van der Waals surface area (Å²) in [7, 11) is 0. The van der Waals surface area contributed by atoms with Gasteiger partial charge in [-0.2, -0.15) is 10.4 Å². The lowest BCUT2D eigenvalue weighted by atomic mass is 10.1. The lowest BCUT2D eigenvalue weighted by Crippen LogP contribution is -2.28. The van der Waals surface area contributed by atoms with Gasteiger partial charge in [0.2, 0.25) is 0 Å². The molecule has 9 nitrogen and oxygen atoms in total. The van der Waals surface area contributed by atoms with Crippen LogP contribution in [-0.4, -0.2) is 40.2 Å². The number of hydrogen-bond acceptors (Lipinski definition) is 6. The van der Waals surface area contributed by atoms with Crippen molar-refractivity contribution in [2.75, 3.05) is 6.54 Å². The van der Waals surface area contributed by atoms with Gasteiger partial charge >= 0.3 is 0 Å². The van der Waals surface area contributed by atoms with Crippen molar-refractivity contribution in [3.05, 3.63) is 42.9 Å². The van der Waals surface area contributed by atoms with Crippen LogP contribution in [0.25, 0.3) is 28.4 Å². The van der Waals surface area contributed by atoms with Gasteiger partial charge in [0.1, 0.15) is 17.3 Å². The van der Waals surface area contributed by atoms with Gasteiger partial charge in [0, 0.05) is 37.7 Å². The Balaban J connectivity index is 1.45. The Morgan fingerprint density at radius 1 is 1.27 bits per heavy atom. The number of imidazole rings is 2. The molecule has 1 fully saturated rings. The molecule has 0 amide bonds. The summed E-state index contributed by atoms with van der Waals surface area (Å²) >= 11 is 0. The molecular formula is C21H21N9. The number of nitrogens with zero attached hydrogens (tertiary/aromatic N) is 8. The highest BCUT2D eigenvalue weighted by atomic mass is 15.3. The average Bonchev–Trinajstić information content (AvgIpc) is 3.18. The van der Waals surface area contributed by atoms with E-state index in [0.717, 1.165) is 53.9 Å². The van der Waals surface area contributed by atoms with Crippen molar-refractivity contribution in [3.63, 3.8) is 0 Å². The van der Waals surface area contributed by atoms with Gasteiger partial charge in [0.25, 0.3) is 0 Å². The second-order valence-electron chi connectivity index (χ2n) is 7.98. The number of nitriles is 1. The van der Waals surface area contributed by atoms with E-state index in [4.69, 9.17) is 4.98 Å². The monoisotopic (exact) mass is 399 g/mol. The van der Waals surface area contributed by atoms with Crippen molar-refractivity contribution in [1.29, 1.82) is 5.26 Å². The third-order valence-electron chi connectivity index (χ3n) is 6.05. The lowest BCUT2D eigenvalue weighted by Gasteiger charge is -2.17. The fourth-order valence-electron chi connectivity index (χ4n) is 4.34. The number of aromatic nitrogens is 7. The van der Waals surface area contributed by atoms with Crippen molar-refractivity contribution < 1.29 is 0 Å². The maximum atomic E-state index is 9.22. The molecule has 0 radical (unpaired) electrons. The Hall–Kier alpha value is -3.51. The van der Waals surface area contributed by atoms with E-state index in [1.165, 1.54) is 12.8 Å². The van der Waals surface area contributed by atoms with Crippen LogP contribution in [0, 0.1) is 17.2 Å². The first-order valence-corrected chi connectivity index (χ1v) is 10.3. The normalized spacial score (nSPS) is 17.0. The van der Waals surface area contributed by atoms with Crippen molar-refractivity contribution in [2.45, 2.75) is 38.4 Å². The summed E-state index contributed by atoms with van der Waals surface area (Å²) in [6.07, 6.45) is 12.3. The van der Waals surface area contributed by atoms with Crippen LogP contribution in [0.1, 0.15) is 31.1 Å². The van der Waals surface area contributed by atoms with Crippen LogP contribution in [0.5, 0.6) is 0 Å². The summed E-state index contributed by atoms with van der Waals surface area (Å²) in [6.45, 7) is 2.56. The second-order valence-corrected chi connectivity index (χ2v) is 7.98. The zero-order valence-corrected chi connectivity index (χ0v) is 16.4. The number of hydrogen-bond donors (Lipinski definition) is 1. The minimum atomic E-state index is 0.138. The molecule has 5 heterocycles. The molecule has 30 heavy (non-hydrogen) atoms. The molecule has 0 bridgehead atoms. The molecule has 0 spiro atoms. The zero-order valence-electron chi connectivity index (χ0n) is 16.4. The Morgan fingerprint density at radius 2 is 2.20 bits per heavy atom. The minimum absolute atomic E-state index is 0.138. The third-order valence-corrected chi connectivity index (χ3v) is 6.05. The smallest absolute Gasteiger partial charge is 0.149 e. The number of nitrogens with one attached hydrogen (secondary N) is 1. The summed E-state index contributed by atoms with van der Waals surface area (Å²) in [4.78, 5) is 14.1. The summed E-state index contributed by atoms with van der Waals surface area (Å²) in [5.41, 5.74) is 3.62. The molecule has 1 N–H and O–H groups in total. The van der Waals surface area contributed by atoms with E-state index < -0.39 is 0 Å². The van der Waals surface area contributed by atoms with E-state index >= 15 is 0 Å². The molecule has 4 aromatic rings. The maximum absolute atomic E-state index is 9.22. The highest BCUT2D eigenvalue weighted by Crippen LogP contribution is 2.41. The quantitative estimate of drug-likeness (QED) is 0.553. The van der Waals surface area contributed by atoms with Gasteiger partial charge < -0.3 is 9.88 Å². The van der Waals surface area contributed by atoms with Gasteiger partial charge in [0.05, 0.1) is 54.4 Å². The number of fused-ring (bicyclic) bond motifs is 2. The average molecular weight is 399 g/mol. The largest absolute Gasteiger partial charge is 0.324 e. The molecule has 1 aliphatic heterocycles. The topological polar surface area (TPSA) is 102 Å². The predicted octanol–water partition coefficient (Wildman–Crippen LogP) is 2.42. The molecule has 0 aromatic carbocycles. The molecule has 1 saturated carbocycles. The first kappa shape index (κ1) is 17.4. The summed E-state index contributed by atoms with van der Waals surface area (Å²) in [5.74, 6) is 2.37. The predicted molar refractivity (Wildman–Crippen MR) is 109 cm³/mol. The Morgan fingerprint density at radius 3 is 3.07 bits per heavy atom. The van der Waals surface area contributed by atoms with E-state index in [1.807, 2.05) is 39.9 Å². The fraction of sp³-hybridized carbons (Fsp3) is 0.381. The standard InChI is InChI=1S/C21H21N9/c22-4-3-17(14-1-2-14)30-13-15(10-26-30)21-27-16(9-19-24-6-8-29(19)21)18-11-25-20-12-23-5-7-28(18)20/h6,8-11,13-14,17,23H,1-3,5,7,12H2. The molecule has 2 aliphatic rings. The first-order valence-electron chi connectivity index (χ1n) is 10.3. The van der Waals surface area contributed by atoms with Gasteiger partial charge in [-0.25, -0.2) is 15.0 Å². The van der Waals surface area contributed by atoms with Crippen molar-refractivity contribution >= 4 is 5.65 Å². The van der Waals surface area contributed by atoms with E-state index in [0.29, 0.717) is 12.3 Å². The Bertz CT molecular complexity index is 1270. The van der Waals surface area contributed by atoms with Crippen molar-refractivity contribution in [2.24, 2.45) is 5.92 Å². The van der Waals surface area contributed by atoms with E-state index in [2.05, 4.69) is 31.0 Å². The van der Waals surface area contributed by atoms with E-state index in [-0.39, 0.29) is 6.04 Å². The van der Waals surface area contributed by atoms with Crippen molar-refractivity contribution in [1.82, 2.24) is 39.0 Å². The van der Waals surface area contributed by atoms with Gasteiger partial charge in [-0.1, -0.05) is 0 Å². The van der Waals surface area contributed by atoms with Crippen molar-refractivity contribution in [3.8, 4) is 28.8 Å². The molecule has 6 rings (SSSR count). The van der Waals surface area contributed by atoms with Crippen LogP contribution in [0.15, 0.2) is 37.1 Å². The molecule has 1 aliphatic carbocycles. The van der Waals surface area contributed by atoms with Crippen LogP contribution in [0.4, 0.5) is 0 Å². The molecular weight excluding hydrogens is 378 g/mol. The first-order chi connectivity index (χ1) is 14.8. The molecule has 1 unspecified atom stereocenters. The summed E-state index contributed by atoms with van der Waals surface area (Å²) in [5, 5.41) is 17.2. The van der Waals surface area contributed by atoms with Crippen LogP contribution >= 0.6 is 0 Å². The van der Waals surface area contributed by atoms with Crippen LogP contribution < -0.4 is 5.32 Å². The van der Waals surface area contributed by atoms with Gasteiger partial charge in [-0.05, 0) is 18.8 Å². The highest BCUT2D eigenvalue weighted by Gasteiger charge is 2.33. The van der Waals surface area contributed by atoms with Gasteiger partial charge in [-0.3, -0.25) is 9.08 Å². The second kappa shape index (κ2) is 6.78. The number of rotatable bonds is 5. The fourth-order valence-corrected chi connectivity index (χ4v) is 4.34. The van der Waals surface area contributed by atoms with Gasteiger partial charge in [-0.15, -0.1) is 0 Å². The van der Waals surface area contributed by atoms with Gasteiger partial charge in [0.15, 0.2) is 0 Å². The minimum Gasteiger partial charge on any atom is -0.324 e. The van der Waals surface area contributed by atoms with Crippen LogP contribution in [0.2, 0.25) is 0 Å². The summed E-state index contributed by atoms with van der Waals surface area (Å²) in [6, 6.07) is 4.45. The highest BCUT2D eigenvalue weighted by molar-refractivity contribution is 5.67. The van der Waals surface area contributed by atoms with Crippen LogP contribution in [0.3, 0.4) is 0 Å². The lowest BCUT2D eigenvalue weighted by molar-refractivity contribution is 0.412. The van der Waals surface area contributed by atoms with E-state index in [1.54, 1.807) is 6.20 Å². The Labute approximate surface area is 173 Å². The third kappa shape index (κ3) is 2.80. The molecule has 4 aromatic heterocycles. The van der Waals surface area contributed by atoms with E-state index in [9.17, 15) is 5.26 Å².